The molecule has 2 aromatic rings. The molecule has 1 amide bonds. The number of carbonyl (C=O) groups is 1. The van der Waals surface area contributed by atoms with Gasteiger partial charge in [0.1, 0.15) is 11.8 Å². The van der Waals surface area contributed by atoms with Crippen molar-refractivity contribution in [2.24, 2.45) is 5.73 Å². The normalized spacial score (nSPS) is 15.8. The van der Waals surface area contributed by atoms with Gasteiger partial charge in [-0.2, -0.15) is 0 Å². The minimum absolute atomic E-state index is 0. The second-order valence-electron chi connectivity index (χ2n) is 7.07. The molecule has 2 aromatic carbocycles. The minimum atomic E-state index is -0.679. The van der Waals surface area contributed by atoms with Crippen LogP contribution >= 0.6 is 24.8 Å². The Labute approximate surface area is 190 Å². The zero-order valence-electron chi connectivity index (χ0n) is 17.4. The molecule has 2 atom stereocenters. The molecule has 8 heteroatoms. The van der Waals surface area contributed by atoms with Crippen LogP contribution in [0.5, 0.6) is 5.75 Å². The molecule has 2 unspecified atom stereocenters. The van der Waals surface area contributed by atoms with Crippen molar-refractivity contribution in [1.82, 2.24) is 10.2 Å². The van der Waals surface area contributed by atoms with Crippen molar-refractivity contribution in [3.63, 3.8) is 0 Å². The van der Waals surface area contributed by atoms with E-state index in [0.717, 1.165) is 35.5 Å². The fraction of sp³-hybridized carbons (Fsp3) is 0.409. The van der Waals surface area contributed by atoms with Crippen molar-refractivity contribution in [1.29, 1.82) is 0 Å². The molecule has 0 aromatic heterocycles. The summed E-state index contributed by atoms with van der Waals surface area (Å²) in [5.74, 6) is 0.644. The highest BCUT2D eigenvalue weighted by molar-refractivity contribution is 5.85. The molecule has 0 radical (unpaired) electrons. The molecule has 6 nitrogen and oxygen atoms in total. The zero-order chi connectivity index (χ0) is 19.9. The molecule has 0 aliphatic carbocycles. The lowest BCUT2D eigenvalue weighted by molar-refractivity contribution is -0.122. The number of nitrogens with zero attached hydrogens (tertiary/aromatic N) is 1. The summed E-state index contributed by atoms with van der Waals surface area (Å²) in [5, 5.41) is 3.04. The van der Waals surface area contributed by atoms with Crippen LogP contribution in [0, 0.1) is 6.92 Å². The van der Waals surface area contributed by atoms with Gasteiger partial charge in [0.05, 0.1) is 26.4 Å². The molecule has 1 aliphatic heterocycles. The zero-order valence-corrected chi connectivity index (χ0v) is 19.0. The molecule has 30 heavy (non-hydrogen) atoms. The Hall–Kier alpha value is -1.83. The highest BCUT2D eigenvalue weighted by Crippen LogP contribution is 2.24. The van der Waals surface area contributed by atoms with Gasteiger partial charge in [0, 0.05) is 19.6 Å². The lowest BCUT2D eigenvalue weighted by Crippen LogP contribution is -2.45. The van der Waals surface area contributed by atoms with Gasteiger partial charge in [0.15, 0.2) is 0 Å². The quantitative estimate of drug-likeness (QED) is 0.670. The first kappa shape index (κ1) is 26.2. The Bertz CT molecular complexity index is 766. The maximum absolute atomic E-state index is 12.6. The summed E-state index contributed by atoms with van der Waals surface area (Å²) in [6, 6.07) is 15.1. The van der Waals surface area contributed by atoms with Crippen molar-refractivity contribution in [2.75, 3.05) is 40.0 Å². The number of ether oxygens (including phenoxy) is 2. The molecule has 1 heterocycles. The molecule has 0 saturated carbocycles. The van der Waals surface area contributed by atoms with Gasteiger partial charge >= 0.3 is 0 Å². The second kappa shape index (κ2) is 12.8. The molecular weight excluding hydrogens is 425 g/mol. The average molecular weight is 456 g/mol. The Morgan fingerprint density at radius 3 is 2.20 bits per heavy atom. The number of methoxy groups -OCH3 is 1. The summed E-state index contributed by atoms with van der Waals surface area (Å²) in [7, 11) is 1.65. The highest BCUT2D eigenvalue weighted by Gasteiger charge is 2.24. The Morgan fingerprint density at radius 2 is 1.63 bits per heavy atom. The lowest BCUT2D eigenvalue weighted by Gasteiger charge is -2.35. The number of morpholine rings is 1. The molecule has 1 fully saturated rings. The second-order valence-corrected chi connectivity index (χ2v) is 7.07. The van der Waals surface area contributed by atoms with E-state index < -0.39 is 6.04 Å². The molecule has 3 rings (SSSR count). The van der Waals surface area contributed by atoms with Crippen LogP contribution in [0.4, 0.5) is 0 Å². The van der Waals surface area contributed by atoms with Crippen LogP contribution in [0.25, 0.3) is 0 Å². The van der Waals surface area contributed by atoms with Gasteiger partial charge < -0.3 is 20.5 Å². The number of halogens is 2. The van der Waals surface area contributed by atoms with Gasteiger partial charge in [-0.15, -0.1) is 24.8 Å². The van der Waals surface area contributed by atoms with E-state index in [1.54, 1.807) is 7.11 Å². The van der Waals surface area contributed by atoms with Crippen LogP contribution < -0.4 is 15.8 Å². The van der Waals surface area contributed by atoms with Gasteiger partial charge in [-0.25, -0.2) is 0 Å². The number of benzene rings is 2. The number of hydrogen-bond acceptors (Lipinski definition) is 5. The average Bonchev–Trinajstić information content (AvgIpc) is 2.75. The maximum Gasteiger partial charge on any atom is 0.241 e. The number of amides is 1. The molecule has 1 aliphatic rings. The van der Waals surface area contributed by atoms with Crippen LogP contribution in [-0.4, -0.2) is 50.8 Å². The van der Waals surface area contributed by atoms with E-state index in [1.165, 1.54) is 0 Å². The summed E-state index contributed by atoms with van der Waals surface area (Å²) in [4.78, 5) is 15.0. The van der Waals surface area contributed by atoms with E-state index in [4.69, 9.17) is 15.2 Å². The first-order valence-corrected chi connectivity index (χ1v) is 9.64. The first-order valence-electron chi connectivity index (χ1n) is 9.64. The van der Waals surface area contributed by atoms with Crippen LogP contribution in [0.3, 0.4) is 0 Å². The Morgan fingerprint density at radius 1 is 1.07 bits per heavy atom. The standard InChI is InChI=1S/C22H29N3O3.2ClH/c1-16-3-5-18(6-4-16)21(23)22(26)24-15-20(25-11-13-28-14-12-25)17-7-9-19(27-2)10-8-17;;/h3-10,20-21H,11-15,23H2,1-2H3,(H,24,26);2*1H. The third kappa shape index (κ3) is 6.86. The van der Waals surface area contributed by atoms with Gasteiger partial charge in [-0.3, -0.25) is 9.69 Å². The van der Waals surface area contributed by atoms with Crippen molar-refractivity contribution < 1.29 is 14.3 Å². The number of aryl methyl sites for hydroxylation is 1. The van der Waals surface area contributed by atoms with E-state index in [1.807, 2.05) is 55.5 Å². The molecular formula is C22H31Cl2N3O3. The summed E-state index contributed by atoms with van der Waals surface area (Å²) < 4.78 is 10.7. The summed E-state index contributed by atoms with van der Waals surface area (Å²) in [5.41, 5.74) is 9.26. The van der Waals surface area contributed by atoms with Crippen molar-refractivity contribution >= 4 is 30.7 Å². The summed E-state index contributed by atoms with van der Waals surface area (Å²) in [6.07, 6.45) is 0. The lowest BCUT2D eigenvalue weighted by atomic mass is 10.0. The maximum atomic E-state index is 12.6. The number of rotatable bonds is 7. The molecule has 0 spiro atoms. The van der Waals surface area contributed by atoms with Crippen molar-refractivity contribution in [3.05, 3.63) is 65.2 Å². The van der Waals surface area contributed by atoms with E-state index in [9.17, 15) is 4.79 Å². The Kier molecular flexibility index (Phi) is 11.2. The minimum Gasteiger partial charge on any atom is -0.497 e. The first-order chi connectivity index (χ1) is 13.6. The number of hydrogen-bond donors (Lipinski definition) is 2. The molecule has 3 N–H and O–H groups in total. The SMILES string of the molecule is COc1ccc(C(CNC(=O)C(N)c2ccc(C)cc2)N2CCOCC2)cc1.Cl.Cl. The summed E-state index contributed by atoms with van der Waals surface area (Å²) in [6.45, 7) is 5.56. The predicted molar refractivity (Wildman–Crippen MR) is 124 cm³/mol. The van der Waals surface area contributed by atoms with Gasteiger partial charge in [-0.05, 0) is 30.2 Å². The van der Waals surface area contributed by atoms with Crippen LogP contribution in [0.15, 0.2) is 48.5 Å². The Balaban J connectivity index is 0.00000225. The van der Waals surface area contributed by atoms with Gasteiger partial charge in [0.2, 0.25) is 5.91 Å². The largest absolute Gasteiger partial charge is 0.497 e. The summed E-state index contributed by atoms with van der Waals surface area (Å²) >= 11 is 0. The van der Waals surface area contributed by atoms with Crippen LogP contribution in [-0.2, 0) is 9.53 Å². The molecule has 1 saturated heterocycles. The van der Waals surface area contributed by atoms with E-state index >= 15 is 0 Å². The van der Waals surface area contributed by atoms with E-state index in [0.29, 0.717) is 19.8 Å². The van der Waals surface area contributed by atoms with Crippen LogP contribution in [0.2, 0.25) is 0 Å². The van der Waals surface area contributed by atoms with E-state index in [2.05, 4.69) is 10.2 Å². The predicted octanol–water partition coefficient (Wildman–Crippen LogP) is 3.04. The number of carbonyl (C=O) groups excluding carboxylic acids is 1. The van der Waals surface area contributed by atoms with Crippen LogP contribution in [0.1, 0.15) is 28.8 Å². The topological polar surface area (TPSA) is 76.8 Å². The monoisotopic (exact) mass is 455 g/mol. The van der Waals surface area contributed by atoms with Crippen molar-refractivity contribution in [2.45, 2.75) is 19.0 Å². The third-order valence-corrected chi connectivity index (χ3v) is 5.18. The smallest absolute Gasteiger partial charge is 0.241 e. The molecule has 0 bridgehead atoms. The van der Waals surface area contributed by atoms with Crippen molar-refractivity contribution in [3.8, 4) is 5.75 Å². The number of nitrogens with two attached hydrogens (primary N) is 1. The highest BCUT2D eigenvalue weighted by atomic mass is 35.5. The number of nitrogens with one attached hydrogen (secondary N) is 1. The van der Waals surface area contributed by atoms with E-state index in [-0.39, 0.29) is 36.8 Å². The fourth-order valence-electron chi connectivity index (χ4n) is 3.41. The van der Waals surface area contributed by atoms with Gasteiger partial charge in [0.25, 0.3) is 0 Å². The fourth-order valence-corrected chi connectivity index (χ4v) is 3.41. The van der Waals surface area contributed by atoms with Gasteiger partial charge in [-0.1, -0.05) is 42.0 Å². The molecule has 166 valence electrons. The third-order valence-electron chi connectivity index (χ3n) is 5.18.